The van der Waals surface area contributed by atoms with Gasteiger partial charge in [-0.1, -0.05) is 18.2 Å². The minimum atomic E-state index is -0.306. The maximum Gasteiger partial charge on any atom is 0.244 e. The minimum Gasteiger partial charge on any atom is -0.374 e. The van der Waals surface area contributed by atoms with Crippen molar-refractivity contribution < 1.29 is 9.59 Å². The fourth-order valence-electron chi connectivity index (χ4n) is 3.26. The monoisotopic (exact) mass is 366 g/mol. The lowest BCUT2D eigenvalue weighted by molar-refractivity contribution is -0.132. The number of nitrogens with one attached hydrogen (secondary N) is 2. The second-order valence-corrected chi connectivity index (χ2v) is 6.77. The molecule has 0 saturated carbocycles. The first-order chi connectivity index (χ1) is 13.0. The number of benzene rings is 2. The van der Waals surface area contributed by atoms with Crippen LogP contribution < -0.4 is 15.5 Å². The van der Waals surface area contributed by atoms with Gasteiger partial charge in [-0.15, -0.1) is 0 Å². The highest BCUT2D eigenvalue weighted by atomic mass is 16.2. The molecule has 0 bridgehead atoms. The predicted molar refractivity (Wildman–Crippen MR) is 109 cm³/mol. The summed E-state index contributed by atoms with van der Waals surface area (Å²) in [4.78, 5) is 28.0. The van der Waals surface area contributed by atoms with Gasteiger partial charge in [0.25, 0.3) is 0 Å². The van der Waals surface area contributed by atoms with Crippen LogP contribution in [0.4, 0.5) is 17.1 Å². The highest BCUT2D eigenvalue weighted by molar-refractivity contribution is 5.89. The summed E-state index contributed by atoms with van der Waals surface area (Å²) < 4.78 is 0. The van der Waals surface area contributed by atoms with Crippen molar-refractivity contribution in [1.29, 1.82) is 0 Å². The Bertz CT molecular complexity index is 769. The lowest BCUT2D eigenvalue weighted by Crippen LogP contribution is -2.52. The van der Waals surface area contributed by atoms with Crippen LogP contribution in [0.5, 0.6) is 0 Å². The molecule has 6 heteroatoms. The molecule has 0 aliphatic carbocycles. The van der Waals surface area contributed by atoms with Gasteiger partial charge in [-0.2, -0.15) is 0 Å². The van der Waals surface area contributed by atoms with Crippen LogP contribution in [0.15, 0.2) is 54.6 Å². The second-order valence-electron chi connectivity index (χ2n) is 6.77. The number of hydrogen-bond acceptors (Lipinski definition) is 4. The average molecular weight is 366 g/mol. The van der Waals surface area contributed by atoms with E-state index in [1.165, 1.54) is 12.6 Å². The average Bonchev–Trinajstić information content (AvgIpc) is 2.69. The van der Waals surface area contributed by atoms with Crippen LogP contribution in [0.25, 0.3) is 0 Å². The first-order valence-corrected chi connectivity index (χ1v) is 9.26. The smallest absolute Gasteiger partial charge is 0.244 e. The van der Waals surface area contributed by atoms with E-state index in [-0.39, 0.29) is 17.9 Å². The number of nitrogens with zero attached hydrogens (tertiary/aromatic N) is 2. The molecule has 2 aromatic carbocycles. The van der Waals surface area contributed by atoms with Crippen LogP contribution in [0, 0.1) is 0 Å². The minimum absolute atomic E-state index is 0.103. The number of carbonyl (C=O) groups excluding carboxylic acids is 2. The third kappa shape index (κ3) is 5.00. The molecular weight excluding hydrogens is 340 g/mol. The number of anilines is 3. The number of rotatable bonds is 5. The van der Waals surface area contributed by atoms with E-state index in [0.29, 0.717) is 0 Å². The molecule has 2 amide bonds. The van der Waals surface area contributed by atoms with E-state index in [0.717, 1.165) is 37.6 Å². The summed E-state index contributed by atoms with van der Waals surface area (Å²) in [6.45, 7) is 6.49. The van der Waals surface area contributed by atoms with Gasteiger partial charge in [-0.25, -0.2) is 0 Å². The van der Waals surface area contributed by atoms with Crippen LogP contribution in [0.2, 0.25) is 0 Å². The Morgan fingerprint density at radius 1 is 0.889 bits per heavy atom. The van der Waals surface area contributed by atoms with E-state index in [2.05, 4.69) is 27.7 Å². The van der Waals surface area contributed by atoms with E-state index in [1.54, 1.807) is 0 Å². The highest BCUT2D eigenvalue weighted by Crippen LogP contribution is 2.18. The molecule has 0 unspecified atom stereocenters. The van der Waals surface area contributed by atoms with Crippen molar-refractivity contribution in [3.63, 3.8) is 0 Å². The Balaban J connectivity index is 1.51. The van der Waals surface area contributed by atoms with Gasteiger partial charge in [-0.3, -0.25) is 9.59 Å². The van der Waals surface area contributed by atoms with Gasteiger partial charge in [0.15, 0.2) is 0 Å². The molecule has 0 radical (unpaired) electrons. The molecule has 1 saturated heterocycles. The Morgan fingerprint density at radius 2 is 1.48 bits per heavy atom. The molecule has 2 N–H and O–H groups in total. The quantitative estimate of drug-likeness (QED) is 0.854. The summed E-state index contributed by atoms with van der Waals surface area (Å²) in [6.07, 6.45) is 0. The summed E-state index contributed by atoms with van der Waals surface area (Å²) in [5.74, 6) is 0.00236. The Kier molecular flexibility index (Phi) is 5.96. The topological polar surface area (TPSA) is 64.7 Å². The largest absolute Gasteiger partial charge is 0.374 e. The standard InChI is InChI=1S/C21H26N4O2/c1-16(22-18-8-10-19(11-9-18)23-17(2)26)21(27)25-14-12-24(13-15-25)20-6-4-3-5-7-20/h3-11,16,22H,12-15H2,1-2H3,(H,23,26)/t16-/m1/s1. The first-order valence-electron chi connectivity index (χ1n) is 9.26. The van der Waals surface area contributed by atoms with Gasteiger partial charge in [0.05, 0.1) is 0 Å². The molecule has 1 heterocycles. The normalized spacial score (nSPS) is 15.2. The van der Waals surface area contributed by atoms with Crippen LogP contribution in [-0.2, 0) is 9.59 Å². The summed E-state index contributed by atoms with van der Waals surface area (Å²) in [5, 5.41) is 5.98. The zero-order valence-electron chi connectivity index (χ0n) is 15.8. The number of hydrogen-bond donors (Lipinski definition) is 2. The van der Waals surface area contributed by atoms with Gasteiger partial charge >= 0.3 is 0 Å². The number of para-hydroxylation sites is 1. The predicted octanol–water partition coefficient (Wildman–Crippen LogP) is 2.79. The Morgan fingerprint density at radius 3 is 2.07 bits per heavy atom. The molecule has 6 nitrogen and oxygen atoms in total. The van der Waals surface area contributed by atoms with Crippen molar-refractivity contribution in [3.05, 3.63) is 54.6 Å². The zero-order chi connectivity index (χ0) is 19.2. The van der Waals surface area contributed by atoms with E-state index in [4.69, 9.17) is 0 Å². The molecule has 27 heavy (non-hydrogen) atoms. The van der Waals surface area contributed by atoms with E-state index in [9.17, 15) is 9.59 Å². The zero-order valence-corrected chi connectivity index (χ0v) is 15.8. The fraction of sp³-hybridized carbons (Fsp3) is 0.333. The third-order valence-electron chi connectivity index (χ3n) is 4.67. The van der Waals surface area contributed by atoms with Crippen molar-refractivity contribution in [2.24, 2.45) is 0 Å². The Labute approximate surface area is 160 Å². The lowest BCUT2D eigenvalue weighted by Gasteiger charge is -2.37. The van der Waals surface area contributed by atoms with Crippen molar-refractivity contribution in [3.8, 4) is 0 Å². The van der Waals surface area contributed by atoms with Gasteiger partial charge in [-0.05, 0) is 43.3 Å². The molecule has 0 spiro atoms. The maximum absolute atomic E-state index is 12.7. The van der Waals surface area contributed by atoms with Crippen molar-refractivity contribution in [2.45, 2.75) is 19.9 Å². The molecule has 1 fully saturated rings. The maximum atomic E-state index is 12.7. The summed E-state index contributed by atoms with van der Waals surface area (Å²) in [5.41, 5.74) is 2.80. The molecule has 1 aliphatic heterocycles. The van der Waals surface area contributed by atoms with E-state index in [1.807, 2.05) is 54.3 Å². The molecule has 1 atom stereocenters. The summed E-state index contributed by atoms with van der Waals surface area (Å²) >= 11 is 0. The molecule has 0 aromatic heterocycles. The molecule has 2 aromatic rings. The summed E-state index contributed by atoms with van der Waals surface area (Å²) in [6, 6.07) is 17.4. The molecule has 3 rings (SSSR count). The number of piperazine rings is 1. The molecule has 142 valence electrons. The van der Waals surface area contributed by atoms with Crippen LogP contribution in [0.3, 0.4) is 0 Å². The van der Waals surface area contributed by atoms with Crippen molar-refractivity contribution in [1.82, 2.24) is 4.90 Å². The van der Waals surface area contributed by atoms with Gasteiger partial charge in [0, 0.05) is 50.2 Å². The van der Waals surface area contributed by atoms with Crippen molar-refractivity contribution in [2.75, 3.05) is 41.7 Å². The molecular formula is C21H26N4O2. The third-order valence-corrected chi connectivity index (χ3v) is 4.67. The highest BCUT2D eigenvalue weighted by Gasteiger charge is 2.24. The fourth-order valence-corrected chi connectivity index (χ4v) is 3.26. The van der Waals surface area contributed by atoms with Crippen LogP contribution in [0.1, 0.15) is 13.8 Å². The number of amides is 2. The molecule has 1 aliphatic rings. The SMILES string of the molecule is CC(=O)Nc1ccc(N[C@H](C)C(=O)N2CCN(c3ccccc3)CC2)cc1. The van der Waals surface area contributed by atoms with E-state index < -0.39 is 0 Å². The van der Waals surface area contributed by atoms with Crippen molar-refractivity contribution >= 4 is 28.9 Å². The second kappa shape index (κ2) is 8.58. The van der Waals surface area contributed by atoms with E-state index >= 15 is 0 Å². The lowest BCUT2D eigenvalue weighted by atomic mass is 10.2. The summed E-state index contributed by atoms with van der Waals surface area (Å²) in [7, 11) is 0. The Hall–Kier alpha value is -3.02. The van der Waals surface area contributed by atoms with Gasteiger partial charge in [0.2, 0.25) is 11.8 Å². The first kappa shape index (κ1) is 18.8. The van der Waals surface area contributed by atoms with Crippen LogP contribution in [-0.4, -0.2) is 48.9 Å². The van der Waals surface area contributed by atoms with Crippen LogP contribution >= 0.6 is 0 Å². The van der Waals surface area contributed by atoms with Gasteiger partial charge in [0.1, 0.15) is 6.04 Å². The number of carbonyl (C=O) groups is 2. The van der Waals surface area contributed by atoms with Gasteiger partial charge < -0.3 is 20.4 Å².